The van der Waals surface area contributed by atoms with E-state index in [4.69, 9.17) is 5.26 Å². The van der Waals surface area contributed by atoms with E-state index < -0.39 is 0 Å². The second kappa shape index (κ2) is 5.44. The van der Waals surface area contributed by atoms with E-state index in [2.05, 4.69) is 38.4 Å². The molecule has 1 aromatic rings. The summed E-state index contributed by atoms with van der Waals surface area (Å²) in [5.74, 6) is 1.58. The van der Waals surface area contributed by atoms with Crippen molar-refractivity contribution in [3.63, 3.8) is 0 Å². The largest absolute Gasteiger partial charge is 0.316 e. The topological polar surface area (TPSA) is 48.7 Å². The van der Waals surface area contributed by atoms with Gasteiger partial charge in [-0.15, -0.1) is 0 Å². The number of pyridine rings is 1. The van der Waals surface area contributed by atoms with Gasteiger partial charge in [0.25, 0.3) is 0 Å². The smallest absolute Gasteiger partial charge is 0.123 e. The first-order chi connectivity index (χ1) is 9.28. The zero-order valence-corrected chi connectivity index (χ0v) is 12.3. The van der Waals surface area contributed by atoms with E-state index in [1.807, 2.05) is 12.3 Å². The molecule has 3 rings (SSSR count). The Kier molecular flexibility index (Phi) is 3.67. The van der Waals surface area contributed by atoms with Gasteiger partial charge in [0.1, 0.15) is 10.7 Å². The van der Waals surface area contributed by atoms with Gasteiger partial charge in [0.05, 0.1) is 5.56 Å². The third-order valence-electron chi connectivity index (χ3n) is 4.24. The molecule has 0 amide bonds. The number of nitrogens with zero attached hydrogens (tertiary/aromatic N) is 2. The molecule has 19 heavy (non-hydrogen) atoms. The van der Waals surface area contributed by atoms with Crippen LogP contribution in [0.4, 0.5) is 0 Å². The highest BCUT2D eigenvalue weighted by Crippen LogP contribution is 2.37. The first kappa shape index (κ1) is 12.8. The molecule has 2 aliphatic rings. The van der Waals surface area contributed by atoms with Gasteiger partial charge in [-0.3, -0.25) is 0 Å². The summed E-state index contributed by atoms with van der Waals surface area (Å²) < 4.78 is 0.632. The molecular formula is C15H16BrN3. The minimum atomic E-state index is 0.613. The minimum Gasteiger partial charge on any atom is -0.316 e. The van der Waals surface area contributed by atoms with Gasteiger partial charge < -0.3 is 5.32 Å². The van der Waals surface area contributed by atoms with E-state index in [-0.39, 0.29) is 0 Å². The molecule has 1 N–H and O–H groups in total. The fourth-order valence-corrected chi connectivity index (χ4v) is 3.43. The van der Waals surface area contributed by atoms with E-state index >= 15 is 0 Å². The van der Waals surface area contributed by atoms with Crippen LogP contribution in [0.1, 0.15) is 30.4 Å². The third-order valence-corrected chi connectivity index (χ3v) is 4.88. The predicted octanol–water partition coefficient (Wildman–Crippen LogP) is 3.12. The number of hydrogen-bond donors (Lipinski definition) is 1. The number of nitrogens with one attached hydrogen (secondary N) is 1. The van der Waals surface area contributed by atoms with Gasteiger partial charge in [-0.25, -0.2) is 4.98 Å². The zero-order valence-electron chi connectivity index (χ0n) is 10.7. The molecule has 2 heterocycles. The van der Waals surface area contributed by atoms with Crippen LogP contribution in [-0.4, -0.2) is 18.1 Å². The molecule has 2 atom stereocenters. The lowest BCUT2D eigenvalue weighted by Crippen LogP contribution is -2.37. The van der Waals surface area contributed by atoms with E-state index in [1.54, 1.807) is 0 Å². The number of piperidine rings is 1. The van der Waals surface area contributed by atoms with Crippen LogP contribution in [0.3, 0.4) is 0 Å². The Morgan fingerprint density at radius 2 is 2.32 bits per heavy atom. The summed E-state index contributed by atoms with van der Waals surface area (Å²) >= 11 is 3.31. The lowest BCUT2D eigenvalue weighted by molar-refractivity contribution is 0.252. The highest BCUT2D eigenvalue weighted by Gasteiger charge is 2.28. The van der Waals surface area contributed by atoms with Crippen LogP contribution in [-0.2, 0) is 0 Å². The standard InChI is InChI=1S/C15H16BrN3/c16-15-12(7-17)6-14(9-19-15)11-2-1-10-3-4-18-8-13(10)5-11/h2,6,9-10,13,18H,1,3-5,8H2/t10-,13+/m1/s1. The van der Waals surface area contributed by atoms with E-state index in [0.29, 0.717) is 10.2 Å². The van der Waals surface area contributed by atoms with Gasteiger partial charge in [-0.2, -0.15) is 5.26 Å². The number of allylic oxidation sites excluding steroid dienone is 2. The first-order valence-corrected chi connectivity index (χ1v) is 7.53. The van der Waals surface area contributed by atoms with Gasteiger partial charge in [-0.05, 0) is 77.3 Å². The van der Waals surface area contributed by atoms with Crippen molar-refractivity contribution in [3.8, 4) is 6.07 Å². The average molecular weight is 318 g/mol. The number of nitriles is 1. The summed E-state index contributed by atoms with van der Waals surface area (Å²) in [7, 11) is 0. The van der Waals surface area contributed by atoms with Crippen LogP contribution < -0.4 is 5.32 Å². The van der Waals surface area contributed by atoms with Crippen LogP contribution in [0.25, 0.3) is 5.57 Å². The third kappa shape index (κ3) is 2.58. The fraction of sp³-hybridized carbons (Fsp3) is 0.467. The highest BCUT2D eigenvalue weighted by atomic mass is 79.9. The normalized spacial score (nSPS) is 26.2. The van der Waals surface area contributed by atoms with E-state index in [1.165, 1.54) is 18.4 Å². The van der Waals surface area contributed by atoms with Gasteiger partial charge in [0, 0.05) is 6.20 Å². The summed E-state index contributed by atoms with van der Waals surface area (Å²) in [6.45, 7) is 2.28. The maximum absolute atomic E-state index is 9.08. The highest BCUT2D eigenvalue weighted by molar-refractivity contribution is 9.10. The molecule has 1 aromatic heterocycles. The maximum atomic E-state index is 9.08. The minimum absolute atomic E-state index is 0.613. The molecular weight excluding hydrogens is 302 g/mol. The van der Waals surface area contributed by atoms with Crippen molar-refractivity contribution in [1.29, 1.82) is 5.26 Å². The Labute approximate surface area is 121 Å². The molecule has 98 valence electrons. The molecule has 1 aliphatic carbocycles. The quantitative estimate of drug-likeness (QED) is 0.810. The van der Waals surface area contributed by atoms with Crippen LogP contribution >= 0.6 is 15.9 Å². The van der Waals surface area contributed by atoms with Gasteiger partial charge in [0.2, 0.25) is 0 Å². The average Bonchev–Trinajstić information content (AvgIpc) is 2.47. The number of halogens is 1. The Hall–Kier alpha value is -1.18. The summed E-state index contributed by atoms with van der Waals surface area (Å²) in [6.07, 6.45) is 7.77. The molecule has 1 aliphatic heterocycles. The molecule has 0 spiro atoms. The second-order valence-electron chi connectivity index (χ2n) is 5.36. The lowest BCUT2D eigenvalue weighted by Gasteiger charge is -2.35. The Morgan fingerprint density at radius 1 is 1.42 bits per heavy atom. The van der Waals surface area contributed by atoms with Crippen molar-refractivity contribution < 1.29 is 0 Å². The van der Waals surface area contributed by atoms with Gasteiger partial charge in [0.15, 0.2) is 0 Å². The van der Waals surface area contributed by atoms with Crippen molar-refractivity contribution in [2.24, 2.45) is 11.8 Å². The Bertz CT molecular complexity index is 559. The fourth-order valence-electron chi connectivity index (χ4n) is 3.12. The van der Waals surface area contributed by atoms with Crippen molar-refractivity contribution in [1.82, 2.24) is 10.3 Å². The molecule has 0 radical (unpaired) electrons. The van der Waals surface area contributed by atoms with E-state index in [0.717, 1.165) is 36.9 Å². The van der Waals surface area contributed by atoms with Gasteiger partial charge >= 0.3 is 0 Å². The van der Waals surface area contributed by atoms with Crippen molar-refractivity contribution in [2.75, 3.05) is 13.1 Å². The molecule has 1 saturated heterocycles. The Balaban J connectivity index is 1.86. The first-order valence-electron chi connectivity index (χ1n) is 6.73. The molecule has 0 unspecified atom stereocenters. The maximum Gasteiger partial charge on any atom is 0.123 e. The van der Waals surface area contributed by atoms with Crippen molar-refractivity contribution in [2.45, 2.75) is 19.3 Å². The van der Waals surface area contributed by atoms with Crippen LogP contribution in [0.5, 0.6) is 0 Å². The second-order valence-corrected chi connectivity index (χ2v) is 6.11. The number of rotatable bonds is 1. The summed E-state index contributed by atoms with van der Waals surface area (Å²) in [6, 6.07) is 4.13. The summed E-state index contributed by atoms with van der Waals surface area (Å²) in [5, 5.41) is 12.6. The molecule has 1 fully saturated rings. The molecule has 4 heteroatoms. The SMILES string of the molecule is N#Cc1cc(C2=CC[C@@H]3CCNC[C@@H]3C2)cnc1Br. The monoisotopic (exact) mass is 317 g/mol. The predicted molar refractivity (Wildman–Crippen MR) is 78.3 cm³/mol. The van der Waals surface area contributed by atoms with Crippen molar-refractivity contribution >= 4 is 21.5 Å². The Morgan fingerprint density at radius 3 is 3.16 bits per heavy atom. The number of fused-ring (bicyclic) bond motifs is 1. The number of aromatic nitrogens is 1. The van der Waals surface area contributed by atoms with E-state index in [9.17, 15) is 0 Å². The molecule has 0 bridgehead atoms. The summed E-state index contributed by atoms with van der Waals surface area (Å²) in [4.78, 5) is 4.27. The van der Waals surface area contributed by atoms with Gasteiger partial charge in [-0.1, -0.05) is 6.08 Å². The van der Waals surface area contributed by atoms with Crippen molar-refractivity contribution in [3.05, 3.63) is 34.1 Å². The molecule has 3 nitrogen and oxygen atoms in total. The number of hydrogen-bond acceptors (Lipinski definition) is 3. The molecule has 0 aromatic carbocycles. The van der Waals surface area contributed by atoms with Crippen LogP contribution in [0.2, 0.25) is 0 Å². The van der Waals surface area contributed by atoms with Crippen LogP contribution in [0.15, 0.2) is 22.9 Å². The molecule has 0 saturated carbocycles. The van der Waals surface area contributed by atoms with Crippen LogP contribution in [0, 0.1) is 23.2 Å². The summed E-state index contributed by atoms with van der Waals surface area (Å²) in [5.41, 5.74) is 3.06. The zero-order chi connectivity index (χ0) is 13.2. The lowest BCUT2D eigenvalue weighted by atomic mass is 9.75.